The number of hydrogen-bond acceptors (Lipinski definition) is 3. The molecule has 17 heavy (non-hydrogen) atoms. The van der Waals surface area contributed by atoms with E-state index in [-0.39, 0.29) is 0 Å². The molecule has 3 N–H and O–H groups in total. The lowest BCUT2D eigenvalue weighted by Crippen LogP contribution is -2.40. The average molecular weight is 234 g/mol. The molecule has 1 heterocycles. The molecule has 3 nitrogen and oxygen atoms in total. The fourth-order valence-corrected chi connectivity index (χ4v) is 5.12. The van der Waals surface area contributed by atoms with Crippen molar-refractivity contribution < 1.29 is 4.74 Å². The first-order valence-corrected chi connectivity index (χ1v) is 7.17. The summed E-state index contributed by atoms with van der Waals surface area (Å²) in [5.74, 6) is 10.6. The maximum Gasteiger partial charge on any atom is 0.0876 e. The second-order valence-corrected chi connectivity index (χ2v) is 6.38. The molecule has 3 heteroatoms. The van der Waals surface area contributed by atoms with Gasteiger partial charge in [0, 0.05) is 6.04 Å². The standard InChI is InChI=1S/C14H22N2O/c15-16-14(10-2-1-5-17-7-10)13-11-8-3-4-9(6-8)12(11)13/h7-9,11-14,16H,1-6,15H2. The summed E-state index contributed by atoms with van der Waals surface area (Å²) in [4.78, 5) is 0. The minimum atomic E-state index is 0.397. The Morgan fingerprint density at radius 1 is 1.29 bits per heavy atom. The number of hydrogen-bond donors (Lipinski definition) is 2. The molecule has 5 unspecified atom stereocenters. The molecule has 0 spiro atoms. The van der Waals surface area contributed by atoms with E-state index in [9.17, 15) is 0 Å². The van der Waals surface area contributed by atoms with Gasteiger partial charge in [-0.15, -0.1) is 0 Å². The SMILES string of the molecule is NNC(C1=COCCC1)C1C2C3CCC(C3)C21. The molecule has 5 atom stereocenters. The largest absolute Gasteiger partial charge is 0.501 e. The van der Waals surface area contributed by atoms with Crippen LogP contribution in [0, 0.1) is 29.6 Å². The van der Waals surface area contributed by atoms with Gasteiger partial charge in [0.25, 0.3) is 0 Å². The van der Waals surface area contributed by atoms with Crippen LogP contribution in [-0.4, -0.2) is 12.6 Å². The van der Waals surface area contributed by atoms with E-state index in [2.05, 4.69) is 5.43 Å². The van der Waals surface area contributed by atoms with Gasteiger partial charge in [-0.1, -0.05) is 0 Å². The first-order valence-electron chi connectivity index (χ1n) is 7.17. The number of rotatable bonds is 3. The van der Waals surface area contributed by atoms with Crippen LogP contribution in [0.4, 0.5) is 0 Å². The van der Waals surface area contributed by atoms with Gasteiger partial charge in [-0.3, -0.25) is 11.3 Å². The summed E-state index contributed by atoms with van der Waals surface area (Å²) < 4.78 is 5.48. The lowest BCUT2D eigenvalue weighted by molar-refractivity contribution is 0.215. The van der Waals surface area contributed by atoms with Crippen molar-refractivity contribution in [1.82, 2.24) is 5.43 Å². The molecule has 1 aliphatic heterocycles. The van der Waals surface area contributed by atoms with Gasteiger partial charge in [0.2, 0.25) is 0 Å². The van der Waals surface area contributed by atoms with Crippen LogP contribution in [-0.2, 0) is 4.74 Å². The van der Waals surface area contributed by atoms with Crippen molar-refractivity contribution in [2.45, 2.75) is 38.1 Å². The topological polar surface area (TPSA) is 47.3 Å². The van der Waals surface area contributed by atoms with Crippen molar-refractivity contribution in [1.29, 1.82) is 0 Å². The minimum Gasteiger partial charge on any atom is -0.501 e. The smallest absolute Gasteiger partial charge is 0.0876 e. The van der Waals surface area contributed by atoms with Crippen molar-refractivity contribution >= 4 is 0 Å². The third-order valence-electron chi connectivity index (χ3n) is 5.72. The van der Waals surface area contributed by atoms with Gasteiger partial charge in [0.15, 0.2) is 0 Å². The van der Waals surface area contributed by atoms with E-state index in [1.165, 1.54) is 31.3 Å². The maximum atomic E-state index is 5.81. The first-order chi connectivity index (χ1) is 8.40. The molecule has 2 bridgehead atoms. The average Bonchev–Trinajstić information content (AvgIpc) is 2.81. The molecular formula is C14H22N2O. The van der Waals surface area contributed by atoms with Crippen LogP contribution in [0.3, 0.4) is 0 Å². The third-order valence-corrected chi connectivity index (χ3v) is 5.72. The number of fused-ring (bicyclic) bond motifs is 5. The zero-order valence-corrected chi connectivity index (χ0v) is 10.3. The van der Waals surface area contributed by atoms with Gasteiger partial charge in [-0.25, -0.2) is 0 Å². The highest BCUT2D eigenvalue weighted by molar-refractivity contribution is 5.23. The van der Waals surface area contributed by atoms with E-state index in [1.54, 1.807) is 0 Å². The van der Waals surface area contributed by atoms with Crippen LogP contribution < -0.4 is 11.3 Å². The third kappa shape index (κ3) is 1.42. The van der Waals surface area contributed by atoms with Crippen LogP contribution in [0.15, 0.2) is 11.8 Å². The Morgan fingerprint density at radius 2 is 2.06 bits per heavy atom. The highest BCUT2D eigenvalue weighted by Gasteiger charge is 2.66. The molecule has 0 radical (unpaired) electrons. The lowest BCUT2D eigenvalue weighted by Gasteiger charge is -2.25. The highest BCUT2D eigenvalue weighted by Crippen LogP contribution is 2.70. The van der Waals surface area contributed by atoms with Crippen LogP contribution in [0.1, 0.15) is 32.1 Å². The summed E-state index contributed by atoms with van der Waals surface area (Å²) in [7, 11) is 0. The minimum absolute atomic E-state index is 0.397. The quantitative estimate of drug-likeness (QED) is 0.578. The molecule has 0 aromatic carbocycles. The summed E-state index contributed by atoms with van der Waals surface area (Å²) in [6, 6.07) is 0.397. The van der Waals surface area contributed by atoms with E-state index in [1.807, 2.05) is 6.26 Å². The van der Waals surface area contributed by atoms with Gasteiger partial charge < -0.3 is 4.74 Å². The number of nitrogens with one attached hydrogen (secondary N) is 1. The Morgan fingerprint density at radius 3 is 2.65 bits per heavy atom. The van der Waals surface area contributed by atoms with Crippen molar-refractivity contribution in [3.63, 3.8) is 0 Å². The van der Waals surface area contributed by atoms with E-state index in [0.29, 0.717) is 6.04 Å². The van der Waals surface area contributed by atoms with E-state index >= 15 is 0 Å². The molecule has 0 aromatic rings. The van der Waals surface area contributed by atoms with Crippen LogP contribution in [0.2, 0.25) is 0 Å². The van der Waals surface area contributed by atoms with Gasteiger partial charge in [-0.05, 0) is 67.3 Å². The second-order valence-electron chi connectivity index (χ2n) is 6.38. The lowest BCUT2D eigenvalue weighted by atomic mass is 9.91. The predicted octanol–water partition coefficient (Wildman–Crippen LogP) is 1.80. The van der Waals surface area contributed by atoms with Crippen molar-refractivity contribution in [3.8, 4) is 0 Å². The van der Waals surface area contributed by atoms with E-state index in [4.69, 9.17) is 10.6 Å². The Balaban J connectivity index is 1.53. The van der Waals surface area contributed by atoms with E-state index < -0.39 is 0 Å². The van der Waals surface area contributed by atoms with Gasteiger partial charge in [0.1, 0.15) is 0 Å². The summed E-state index contributed by atoms with van der Waals surface area (Å²) >= 11 is 0. The zero-order chi connectivity index (χ0) is 11.4. The molecule has 0 amide bonds. The Hall–Kier alpha value is -0.540. The summed E-state index contributed by atoms with van der Waals surface area (Å²) in [5, 5.41) is 0. The molecule has 94 valence electrons. The van der Waals surface area contributed by atoms with Crippen molar-refractivity contribution in [2.24, 2.45) is 35.4 Å². The monoisotopic (exact) mass is 234 g/mol. The number of nitrogens with two attached hydrogens (primary N) is 1. The molecule has 0 aromatic heterocycles. The van der Waals surface area contributed by atoms with Crippen LogP contribution in [0.25, 0.3) is 0 Å². The van der Waals surface area contributed by atoms with E-state index in [0.717, 1.165) is 42.6 Å². The van der Waals surface area contributed by atoms with Crippen molar-refractivity contribution in [3.05, 3.63) is 11.8 Å². The van der Waals surface area contributed by atoms with Crippen LogP contribution in [0.5, 0.6) is 0 Å². The summed E-state index contributed by atoms with van der Waals surface area (Å²) in [5.41, 5.74) is 4.50. The second kappa shape index (κ2) is 3.72. The van der Waals surface area contributed by atoms with Crippen molar-refractivity contribution in [2.75, 3.05) is 6.61 Å². The molecule has 0 saturated heterocycles. The summed E-state index contributed by atoms with van der Waals surface area (Å²) in [6.07, 6.45) is 8.77. The molecule has 4 aliphatic rings. The van der Waals surface area contributed by atoms with Gasteiger partial charge in [-0.2, -0.15) is 0 Å². The fraction of sp³-hybridized carbons (Fsp3) is 0.857. The molecule has 3 fully saturated rings. The van der Waals surface area contributed by atoms with Crippen LogP contribution >= 0.6 is 0 Å². The maximum absolute atomic E-state index is 5.81. The number of hydrazine groups is 1. The molecule has 4 rings (SSSR count). The zero-order valence-electron chi connectivity index (χ0n) is 10.3. The summed E-state index contributed by atoms with van der Waals surface area (Å²) in [6.45, 7) is 0.879. The van der Waals surface area contributed by atoms with Gasteiger partial charge in [0.05, 0.1) is 12.9 Å². The fourth-order valence-electron chi connectivity index (χ4n) is 5.12. The normalized spacial score (nSPS) is 48.3. The highest BCUT2D eigenvalue weighted by atomic mass is 16.5. The molecule has 3 saturated carbocycles. The molecule has 3 aliphatic carbocycles. The Bertz CT molecular complexity index is 338. The predicted molar refractivity (Wildman–Crippen MR) is 65.7 cm³/mol. The Labute approximate surface area is 103 Å². The molecular weight excluding hydrogens is 212 g/mol. The number of ether oxygens (including phenoxy) is 1. The first kappa shape index (κ1) is 10.4. The van der Waals surface area contributed by atoms with Gasteiger partial charge >= 0.3 is 0 Å². The Kier molecular flexibility index (Phi) is 2.28.